The van der Waals surface area contributed by atoms with E-state index in [0.717, 1.165) is 16.8 Å². The molecule has 1 fully saturated rings. The Morgan fingerprint density at radius 1 is 1.33 bits per heavy atom. The molecule has 0 aromatic carbocycles. The molecule has 2 aliphatic rings. The van der Waals surface area contributed by atoms with Crippen LogP contribution in [0.3, 0.4) is 0 Å². The van der Waals surface area contributed by atoms with E-state index >= 15 is 0 Å². The van der Waals surface area contributed by atoms with Gasteiger partial charge in [0.05, 0.1) is 10.9 Å². The van der Waals surface area contributed by atoms with Gasteiger partial charge in [-0.3, -0.25) is 23.9 Å². The van der Waals surface area contributed by atoms with Crippen LogP contribution in [-0.4, -0.2) is 49.7 Å². The van der Waals surface area contributed by atoms with Crippen molar-refractivity contribution >= 4 is 27.5 Å². The quantitative estimate of drug-likeness (QED) is 0.446. The van der Waals surface area contributed by atoms with E-state index in [1.807, 2.05) is 4.98 Å². The number of carbonyl (C=O) groups is 2. The van der Waals surface area contributed by atoms with E-state index < -0.39 is 47.4 Å². The summed E-state index contributed by atoms with van der Waals surface area (Å²) >= 11 is 2.91. The van der Waals surface area contributed by atoms with Crippen molar-refractivity contribution in [2.45, 2.75) is 37.4 Å². The van der Waals surface area contributed by atoms with Crippen LogP contribution in [-0.2, 0) is 14.3 Å². The van der Waals surface area contributed by atoms with E-state index in [2.05, 4.69) is 15.9 Å². The molecular formula is C16H14BrFN2O7. The van der Waals surface area contributed by atoms with Crippen LogP contribution in [0, 0.1) is 0 Å². The zero-order valence-electron chi connectivity index (χ0n) is 13.6. The molecule has 0 unspecified atom stereocenters. The van der Waals surface area contributed by atoms with E-state index in [1.165, 1.54) is 6.08 Å². The van der Waals surface area contributed by atoms with E-state index in [1.54, 1.807) is 0 Å². The van der Waals surface area contributed by atoms with Crippen molar-refractivity contribution in [2.24, 2.45) is 0 Å². The molecule has 2 heterocycles. The Morgan fingerprint density at radius 2 is 2.04 bits per heavy atom. The minimum atomic E-state index is -2.09. The first-order valence-electron chi connectivity index (χ1n) is 7.81. The van der Waals surface area contributed by atoms with Gasteiger partial charge in [0.15, 0.2) is 18.2 Å². The number of H-pyrrole nitrogens is 1. The molecule has 4 atom stereocenters. The molecule has 1 aliphatic heterocycles. The largest absolute Gasteiger partial charge is 0.509 e. The van der Waals surface area contributed by atoms with Gasteiger partial charge in [-0.15, -0.1) is 0 Å². The van der Waals surface area contributed by atoms with E-state index in [-0.39, 0.29) is 28.7 Å². The maximum absolute atomic E-state index is 14.5. The molecule has 1 saturated heterocycles. The molecule has 0 saturated carbocycles. The fraction of sp³-hybridized carbons (Fsp3) is 0.375. The van der Waals surface area contributed by atoms with Crippen LogP contribution in [0.2, 0.25) is 0 Å². The number of ketones is 2. The fourth-order valence-corrected chi connectivity index (χ4v) is 3.23. The average molecular weight is 445 g/mol. The zero-order valence-corrected chi connectivity index (χ0v) is 15.2. The third-order valence-corrected chi connectivity index (χ3v) is 4.70. The number of nitrogens with one attached hydrogen (secondary N) is 1. The molecule has 1 aliphatic carbocycles. The van der Waals surface area contributed by atoms with Crippen molar-refractivity contribution in [3.8, 4) is 0 Å². The molecule has 11 heteroatoms. The Morgan fingerprint density at radius 3 is 2.70 bits per heavy atom. The number of ether oxygens (including phenoxy) is 1. The average Bonchev–Trinajstić information content (AvgIpc) is 2.86. The van der Waals surface area contributed by atoms with E-state index in [9.17, 15) is 33.8 Å². The second kappa shape index (κ2) is 7.33. The Bertz CT molecular complexity index is 980. The Labute approximate surface area is 158 Å². The Balaban J connectivity index is 1.89. The second-order valence-corrected chi connectivity index (χ2v) is 7.03. The third kappa shape index (κ3) is 3.84. The minimum absolute atomic E-state index is 0.0556. The van der Waals surface area contributed by atoms with Gasteiger partial charge in [-0.05, 0) is 33.7 Å². The van der Waals surface area contributed by atoms with Crippen molar-refractivity contribution in [2.75, 3.05) is 0 Å². The summed E-state index contributed by atoms with van der Waals surface area (Å²) in [5.41, 5.74) is -1.48. The summed E-state index contributed by atoms with van der Waals surface area (Å²) in [6.45, 7) is 0. The highest BCUT2D eigenvalue weighted by Crippen LogP contribution is 2.34. The highest BCUT2D eigenvalue weighted by atomic mass is 79.9. The molecule has 3 N–H and O–H groups in total. The van der Waals surface area contributed by atoms with Gasteiger partial charge in [-0.25, -0.2) is 9.18 Å². The summed E-state index contributed by atoms with van der Waals surface area (Å²) in [4.78, 5) is 48.1. The lowest BCUT2D eigenvalue weighted by Crippen LogP contribution is -2.36. The van der Waals surface area contributed by atoms with Gasteiger partial charge in [0, 0.05) is 12.6 Å². The van der Waals surface area contributed by atoms with Gasteiger partial charge >= 0.3 is 5.69 Å². The summed E-state index contributed by atoms with van der Waals surface area (Å²) in [5, 5.41) is 20.2. The SMILES string of the molecule is O=C1C=C(C=C(O)[C@H]2O[C@@H](n3cc(Br)c(=O)[nH]c3=O)[C@@H](F)[C@@H]2O)CC(=O)C1. The minimum Gasteiger partial charge on any atom is -0.509 e. The molecule has 0 radical (unpaired) electrons. The number of aromatic nitrogens is 2. The number of hydrogen-bond donors (Lipinski definition) is 3. The normalized spacial score (nSPS) is 29.1. The standard InChI is InChI=1S/C16H14BrFN2O7/c17-9-5-20(16(26)19-14(9)25)15-11(18)12(24)13(27-15)10(23)3-6-1-7(21)4-8(22)2-6/h1,3,5,11-13,15,23-24H,2,4H2,(H,19,25,26)/t11-,12-,13+,15+/m0/s1. The van der Waals surface area contributed by atoms with Crippen molar-refractivity contribution in [1.29, 1.82) is 0 Å². The number of Topliss-reactive ketones (excluding diaryl/α,β-unsaturated/α-hetero) is 1. The summed E-state index contributed by atoms with van der Waals surface area (Å²) in [7, 11) is 0. The summed E-state index contributed by atoms with van der Waals surface area (Å²) in [6, 6.07) is 0. The van der Waals surface area contributed by atoms with E-state index in [0.29, 0.717) is 0 Å². The van der Waals surface area contributed by atoms with Crippen LogP contribution in [0.1, 0.15) is 19.1 Å². The van der Waals surface area contributed by atoms with Crippen LogP contribution < -0.4 is 11.2 Å². The van der Waals surface area contributed by atoms with Crippen molar-refractivity contribution in [3.63, 3.8) is 0 Å². The summed E-state index contributed by atoms with van der Waals surface area (Å²) in [5.74, 6) is -1.36. The molecule has 27 heavy (non-hydrogen) atoms. The van der Waals surface area contributed by atoms with Crippen molar-refractivity contribution < 1.29 is 28.9 Å². The lowest BCUT2D eigenvalue weighted by molar-refractivity contribution is -0.125. The number of rotatable bonds is 3. The lowest BCUT2D eigenvalue weighted by atomic mass is 9.96. The number of aliphatic hydroxyl groups is 2. The van der Waals surface area contributed by atoms with Crippen LogP contribution in [0.25, 0.3) is 0 Å². The van der Waals surface area contributed by atoms with Gasteiger partial charge in [0.25, 0.3) is 5.56 Å². The Kier molecular flexibility index (Phi) is 5.27. The predicted molar refractivity (Wildman–Crippen MR) is 91.9 cm³/mol. The first kappa shape index (κ1) is 19.4. The number of hydrogen-bond acceptors (Lipinski definition) is 7. The molecule has 0 amide bonds. The lowest BCUT2D eigenvalue weighted by Gasteiger charge is -2.16. The number of halogens is 2. The first-order valence-corrected chi connectivity index (χ1v) is 8.61. The molecule has 1 aromatic rings. The predicted octanol–water partition coefficient (Wildman–Crippen LogP) is 0.196. The third-order valence-electron chi connectivity index (χ3n) is 4.14. The number of carbonyl (C=O) groups excluding carboxylic acids is 2. The van der Waals surface area contributed by atoms with Crippen molar-refractivity contribution in [3.05, 3.63) is 55.0 Å². The zero-order chi connectivity index (χ0) is 19.9. The second-order valence-electron chi connectivity index (χ2n) is 6.17. The number of aromatic amines is 1. The highest BCUT2D eigenvalue weighted by molar-refractivity contribution is 9.10. The maximum Gasteiger partial charge on any atom is 0.330 e. The topological polar surface area (TPSA) is 139 Å². The molecule has 0 bridgehead atoms. The first-order chi connectivity index (χ1) is 12.7. The molecule has 1 aromatic heterocycles. The number of nitrogens with zero attached hydrogens (tertiary/aromatic N) is 1. The van der Waals surface area contributed by atoms with Gasteiger partial charge < -0.3 is 14.9 Å². The molecular weight excluding hydrogens is 431 g/mol. The number of allylic oxidation sites excluding steroid dienone is 3. The summed E-state index contributed by atoms with van der Waals surface area (Å²) in [6.07, 6.45) is -4.12. The van der Waals surface area contributed by atoms with Gasteiger partial charge in [0.2, 0.25) is 0 Å². The molecule has 0 spiro atoms. The molecule has 9 nitrogen and oxygen atoms in total. The van der Waals surface area contributed by atoms with E-state index in [4.69, 9.17) is 4.74 Å². The fourth-order valence-electron chi connectivity index (χ4n) is 2.91. The highest BCUT2D eigenvalue weighted by Gasteiger charge is 2.47. The van der Waals surface area contributed by atoms with Gasteiger partial charge in [-0.1, -0.05) is 0 Å². The molecule has 144 valence electrons. The van der Waals surface area contributed by atoms with Crippen LogP contribution in [0.5, 0.6) is 0 Å². The Hall–Kier alpha value is -2.37. The van der Waals surface area contributed by atoms with Gasteiger partial charge in [-0.2, -0.15) is 0 Å². The van der Waals surface area contributed by atoms with Gasteiger partial charge in [0.1, 0.15) is 23.8 Å². The smallest absolute Gasteiger partial charge is 0.330 e. The molecule has 3 rings (SSSR count). The van der Waals surface area contributed by atoms with Crippen molar-refractivity contribution in [1.82, 2.24) is 9.55 Å². The number of aliphatic hydroxyl groups excluding tert-OH is 2. The summed E-state index contributed by atoms with van der Waals surface area (Å²) < 4.78 is 20.5. The number of alkyl halides is 1. The van der Waals surface area contributed by atoms with Crippen LogP contribution in [0.15, 0.2) is 43.7 Å². The monoisotopic (exact) mass is 444 g/mol. The van der Waals surface area contributed by atoms with Crippen LogP contribution >= 0.6 is 15.9 Å². The van der Waals surface area contributed by atoms with Crippen LogP contribution in [0.4, 0.5) is 4.39 Å². The maximum atomic E-state index is 14.5.